The van der Waals surface area contributed by atoms with Crippen LogP contribution in [0.15, 0.2) is 0 Å². The van der Waals surface area contributed by atoms with Crippen LogP contribution in [0.1, 0.15) is 25.7 Å². The lowest BCUT2D eigenvalue weighted by Crippen LogP contribution is -2.44. The normalized spacial score (nSPS) is 45.9. The third-order valence-corrected chi connectivity index (χ3v) is 2.84. The maximum absolute atomic E-state index is 5.71. The summed E-state index contributed by atoms with van der Waals surface area (Å²) in [5.41, 5.74) is 5.56. The van der Waals surface area contributed by atoms with Gasteiger partial charge in [0.15, 0.2) is 0 Å². The molecule has 1 unspecified atom stereocenters. The Hall–Kier alpha value is -0.0800. The van der Waals surface area contributed by atoms with Crippen LogP contribution in [0, 0.1) is 5.92 Å². The van der Waals surface area contributed by atoms with E-state index >= 15 is 0 Å². The number of ether oxygens (including phenoxy) is 1. The van der Waals surface area contributed by atoms with Crippen LogP contribution in [0.25, 0.3) is 0 Å². The number of hydrogen-bond donors (Lipinski definition) is 1. The fourth-order valence-corrected chi connectivity index (χ4v) is 2.20. The Bertz CT molecular complexity index is 118. The molecule has 1 saturated carbocycles. The molecule has 10 heavy (non-hydrogen) atoms. The van der Waals surface area contributed by atoms with Crippen LogP contribution in [-0.4, -0.2) is 18.8 Å². The lowest BCUT2D eigenvalue weighted by molar-refractivity contribution is -0.119. The second-order valence-corrected chi connectivity index (χ2v) is 3.45. The van der Waals surface area contributed by atoms with Crippen molar-refractivity contribution in [2.75, 3.05) is 6.54 Å². The van der Waals surface area contributed by atoms with E-state index in [9.17, 15) is 0 Å². The van der Waals surface area contributed by atoms with E-state index in [1.807, 2.05) is 0 Å². The van der Waals surface area contributed by atoms with Crippen LogP contribution < -0.4 is 5.73 Å². The molecule has 58 valence electrons. The van der Waals surface area contributed by atoms with Crippen molar-refractivity contribution in [3.8, 4) is 0 Å². The third-order valence-electron chi connectivity index (χ3n) is 2.84. The first kappa shape index (κ1) is 6.62. The molecule has 2 N–H and O–H groups in total. The van der Waals surface area contributed by atoms with Gasteiger partial charge in [-0.05, 0) is 31.6 Å². The summed E-state index contributed by atoms with van der Waals surface area (Å²) in [6, 6.07) is 0. The van der Waals surface area contributed by atoms with E-state index in [2.05, 4.69) is 0 Å². The summed E-state index contributed by atoms with van der Waals surface area (Å²) in [6.07, 6.45) is 6.22. The molecule has 1 aliphatic carbocycles. The molecule has 0 spiro atoms. The van der Waals surface area contributed by atoms with Gasteiger partial charge in [0.1, 0.15) is 0 Å². The number of hydrogen-bond acceptors (Lipinski definition) is 2. The average molecular weight is 141 g/mol. The van der Waals surface area contributed by atoms with E-state index in [0.29, 0.717) is 12.2 Å². The monoisotopic (exact) mass is 141 g/mol. The molecule has 2 bridgehead atoms. The zero-order valence-electron chi connectivity index (χ0n) is 6.25. The first-order valence-corrected chi connectivity index (χ1v) is 4.25. The molecule has 0 aromatic rings. The second-order valence-electron chi connectivity index (χ2n) is 3.45. The van der Waals surface area contributed by atoms with Crippen LogP contribution in [0.4, 0.5) is 0 Å². The first-order chi connectivity index (χ1) is 4.90. The molecule has 3 rings (SSSR count). The maximum Gasteiger partial charge on any atom is 0.0729 e. The van der Waals surface area contributed by atoms with Crippen LogP contribution in [-0.2, 0) is 4.74 Å². The van der Waals surface area contributed by atoms with Crippen LogP contribution in [0.5, 0.6) is 0 Å². The van der Waals surface area contributed by atoms with Crippen molar-refractivity contribution in [2.24, 2.45) is 11.7 Å². The zero-order chi connectivity index (χ0) is 6.97. The van der Waals surface area contributed by atoms with Crippen LogP contribution >= 0.6 is 0 Å². The molecule has 3 aliphatic rings. The van der Waals surface area contributed by atoms with E-state index in [1.54, 1.807) is 0 Å². The lowest BCUT2D eigenvalue weighted by Gasteiger charge is -2.42. The van der Waals surface area contributed by atoms with Gasteiger partial charge in [0.05, 0.1) is 12.2 Å². The molecular formula is C8H15NO. The SMILES string of the molecule is NCC1OC2CCC1CC2. The Kier molecular flexibility index (Phi) is 1.66. The van der Waals surface area contributed by atoms with Crippen molar-refractivity contribution in [1.29, 1.82) is 0 Å². The van der Waals surface area contributed by atoms with Gasteiger partial charge in [-0.2, -0.15) is 0 Å². The van der Waals surface area contributed by atoms with Gasteiger partial charge in [-0.1, -0.05) is 0 Å². The smallest absolute Gasteiger partial charge is 0.0729 e. The van der Waals surface area contributed by atoms with Crippen molar-refractivity contribution in [3.05, 3.63) is 0 Å². The van der Waals surface area contributed by atoms with Crippen molar-refractivity contribution >= 4 is 0 Å². The van der Waals surface area contributed by atoms with E-state index in [4.69, 9.17) is 10.5 Å². The largest absolute Gasteiger partial charge is 0.373 e. The summed E-state index contributed by atoms with van der Waals surface area (Å²) < 4.78 is 5.71. The lowest BCUT2D eigenvalue weighted by atomic mass is 9.80. The highest BCUT2D eigenvalue weighted by atomic mass is 16.5. The Morgan fingerprint density at radius 1 is 1.20 bits per heavy atom. The van der Waals surface area contributed by atoms with Gasteiger partial charge in [0.2, 0.25) is 0 Å². The Balaban J connectivity index is 2.01. The van der Waals surface area contributed by atoms with Crippen LogP contribution in [0.3, 0.4) is 0 Å². The predicted octanol–water partition coefficient (Wildman–Crippen LogP) is 0.903. The molecule has 0 amide bonds. The summed E-state index contributed by atoms with van der Waals surface area (Å²) in [5, 5.41) is 0. The highest BCUT2D eigenvalue weighted by Crippen LogP contribution is 2.36. The highest BCUT2D eigenvalue weighted by molar-refractivity contribution is 4.85. The number of nitrogens with two attached hydrogens (primary N) is 1. The standard InChI is InChI=1S/C8H15NO/c9-5-8-6-1-3-7(10-8)4-2-6/h6-8H,1-5,9H2. The summed E-state index contributed by atoms with van der Waals surface area (Å²) in [6.45, 7) is 0.723. The molecule has 0 aromatic carbocycles. The molecule has 2 saturated heterocycles. The van der Waals surface area contributed by atoms with Gasteiger partial charge in [-0.3, -0.25) is 0 Å². The Labute approximate surface area is 61.7 Å². The summed E-state index contributed by atoms with van der Waals surface area (Å²) in [4.78, 5) is 0. The van der Waals surface area contributed by atoms with Gasteiger partial charge in [-0.15, -0.1) is 0 Å². The number of fused-ring (bicyclic) bond motifs is 3. The summed E-state index contributed by atoms with van der Waals surface area (Å²) >= 11 is 0. The van der Waals surface area contributed by atoms with Gasteiger partial charge in [0.25, 0.3) is 0 Å². The molecule has 0 radical (unpaired) electrons. The molecular weight excluding hydrogens is 126 g/mol. The highest BCUT2D eigenvalue weighted by Gasteiger charge is 2.35. The van der Waals surface area contributed by atoms with E-state index in [0.717, 1.165) is 12.5 Å². The summed E-state index contributed by atoms with van der Waals surface area (Å²) in [7, 11) is 0. The number of rotatable bonds is 1. The van der Waals surface area contributed by atoms with E-state index in [-0.39, 0.29) is 0 Å². The topological polar surface area (TPSA) is 35.2 Å². The Morgan fingerprint density at radius 3 is 2.20 bits per heavy atom. The Morgan fingerprint density at radius 2 is 1.90 bits per heavy atom. The minimum absolute atomic E-state index is 0.396. The van der Waals surface area contributed by atoms with Crippen molar-refractivity contribution in [3.63, 3.8) is 0 Å². The molecule has 2 heterocycles. The molecule has 2 nitrogen and oxygen atoms in total. The fourth-order valence-electron chi connectivity index (χ4n) is 2.20. The minimum atomic E-state index is 0.396. The van der Waals surface area contributed by atoms with Gasteiger partial charge in [0, 0.05) is 6.54 Å². The second kappa shape index (κ2) is 2.51. The molecule has 2 aliphatic heterocycles. The van der Waals surface area contributed by atoms with Crippen LogP contribution in [0.2, 0.25) is 0 Å². The van der Waals surface area contributed by atoms with Crippen molar-refractivity contribution in [2.45, 2.75) is 37.9 Å². The van der Waals surface area contributed by atoms with Gasteiger partial charge < -0.3 is 10.5 Å². The molecule has 3 fully saturated rings. The third kappa shape index (κ3) is 0.956. The molecule has 1 atom stereocenters. The van der Waals surface area contributed by atoms with E-state index in [1.165, 1.54) is 25.7 Å². The summed E-state index contributed by atoms with van der Waals surface area (Å²) in [5.74, 6) is 0.787. The maximum atomic E-state index is 5.71. The zero-order valence-corrected chi connectivity index (χ0v) is 6.25. The van der Waals surface area contributed by atoms with Gasteiger partial charge in [-0.25, -0.2) is 0 Å². The average Bonchev–Trinajstić information content (AvgIpc) is 2.06. The quantitative estimate of drug-likeness (QED) is 0.589. The minimum Gasteiger partial charge on any atom is -0.373 e. The van der Waals surface area contributed by atoms with Crippen molar-refractivity contribution < 1.29 is 4.74 Å². The molecule has 0 aromatic heterocycles. The van der Waals surface area contributed by atoms with Crippen molar-refractivity contribution in [1.82, 2.24) is 0 Å². The van der Waals surface area contributed by atoms with E-state index < -0.39 is 0 Å². The van der Waals surface area contributed by atoms with Gasteiger partial charge >= 0.3 is 0 Å². The predicted molar refractivity (Wildman–Crippen MR) is 39.7 cm³/mol. The first-order valence-electron chi connectivity index (χ1n) is 4.25. The fraction of sp³-hybridized carbons (Fsp3) is 1.00. The molecule has 2 heteroatoms.